The molecule has 0 aliphatic carbocycles. The molecule has 17 heteroatoms. The van der Waals surface area contributed by atoms with Crippen LogP contribution in [0.15, 0.2) is 24.4 Å². The number of aliphatic hydroxyl groups is 1. The average molecular weight is 694 g/mol. The zero-order valence-electron chi connectivity index (χ0n) is 27.1. The van der Waals surface area contributed by atoms with E-state index < -0.39 is 53.1 Å². The summed E-state index contributed by atoms with van der Waals surface area (Å²) >= 11 is 0.902. The summed E-state index contributed by atoms with van der Waals surface area (Å²) in [5.74, 6) is -3.88. The Bertz CT molecular complexity index is 1480. The molecule has 0 spiro atoms. The van der Waals surface area contributed by atoms with Crippen molar-refractivity contribution in [1.29, 1.82) is 0 Å². The molecular weight excluding hydrogens is 650 g/mol. The number of H-pyrrole nitrogens is 1. The summed E-state index contributed by atoms with van der Waals surface area (Å²) in [5, 5.41) is 39.6. The lowest BCUT2D eigenvalue weighted by molar-refractivity contribution is -0.154. The number of aliphatic hydroxyl groups excluding tert-OH is 1. The fraction of sp³-hybridized carbons (Fsp3) is 0.516. The normalized spacial score (nSPS) is 12.4. The smallest absolute Gasteiger partial charge is 0.326 e. The molecule has 0 bridgehead atoms. The summed E-state index contributed by atoms with van der Waals surface area (Å²) < 4.78 is 5.09. The fourth-order valence-electron chi connectivity index (χ4n) is 4.33. The average Bonchev–Trinajstić information content (AvgIpc) is 3.41. The summed E-state index contributed by atoms with van der Waals surface area (Å²) in [7, 11) is 0. The van der Waals surface area contributed by atoms with Gasteiger partial charge in [0, 0.05) is 67.7 Å². The molecular formula is C31H43N5O11S. The molecule has 264 valence electrons. The molecule has 0 saturated carbocycles. The number of hydrogen-bond acceptors (Lipinski definition) is 11. The number of rotatable bonds is 20. The standard InChI is InChI=1S/C31H43N5O11S/c1-18(37)36-23(30(45)46)6-7-26(41)47-17-31(2,3)28(43)29(44)34-11-9-24(39)33-12-13-48-27(42)15-25(40)32-10-8-19-16-35-22-5-4-20(38)14-21(19)22/h4-5,14,16,23,28,35,38,43H,6-13,15,17H2,1-3H3,(H,32,40)(H,33,39)(H,34,44)(H,36,37)(H,45,46)/t23-,28-/m0/s1. The number of benzene rings is 1. The summed E-state index contributed by atoms with van der Waals surface area (Å²) in [5.41, 5.74) is 0.570. The van der Waals surface area contributed by atoms with E-state index in [-0.39, 0.29) is 62.0 Å². The minimum atomic E-state index is -1.60. The highest BCUT2D eigenvalue weighted by molar-refractivity contribution is 8.13. The van der Waals surface area contributed by atoms with E-state index in [1.807, 2.05) is 0 Å². The molecule has 0 aliphatic heterocycles. The van der Waals surface area contributed by atoms with E-state index in [2.05, 4.69) is 26.3 Å². The molecule has 8 N–H and O–H groups in total. The van der Waals surface area contributed by atoms with Crippen molar-refractivity contribution < 1.29 is 53.6 Å². The maximum absolute atomic E-state index is 12.4. The minimum absolute atomic E-state index is 0.0940. The molecule has 16 nitrogen and oxygen atoms in total. The molecule has 48 heavy (non-hydrogen) atoms. The van der Waals surface area contributed by atoms with Crippen molar-refractivity contribution in [3.63, 3.8) is 0 Å². The van der Waals surface area contributed by atoms with Crippen molar-refractivity contribution in [3.8, 4) is 5.75 Å². The van der Waals surface area contributed by atoms with Crippen LogP contribution in [0.4, 0.5) is 0 Å². The molecule has 2 aromatic rings. The second kappa shape index (κ2) is 19.2. The van der Waals surface area contributed by atoms with Gasteiger partial charge in [0.05, 0.1) is 13.0 Å². The minimum Gasteiger partial charge on any atom is -0.508 e. The zero-order chi connectivity index (χ0) is 35.9. The highest BCUT2D eigenvalue weighted by Gasteiger charge is 2.35. The number of ether oxygens (including phenoxy) is 1. The Kier molecular flexibility index (Phi) is 15.9. The highest BCUT2D eigenvalue weighted by atomic mass is 32.2. The topological polar surface area (TPSA) is 253 Å². The Hall–Kier alpha value is -4.64. The molecule has 1 heterocycles. The first kappa shape index (κ1) is 39.5. The number of carboxylic acid groups (broad SMARTS) is 1. The maximum atomic E-state index is 12.4. The van der Waals surface area contributed by atoms with Gasteiger partial charge in [-0.25, -0.2) is 4.79 Å². The van der Waals surface area contributed by atoms with E-state index in [9.17, 15) is 43.8 Å². The van der Waals surface area contributed by atoms with Gasteiger partial charge in [-0.05, 0) is 36.6 Å². The van der Waals surface area contributed by atoms with Gasteiger partial charge in [-0.15, -0.1) is 0 Å². The van der Waals surface area contributed by atoms with E-state index in [0.29, 0.717) is 13.0 Å². The van der Waals surface area contributed by atoms with Gasteiger partial charge in [0.15, 0.2) is 5.12 Å². The molecule has 0 aliphatic rings. The number of aromatic nitrogens is 1. The van der Waals surface area contributed by atoms with Crippen LogP contribution in [-0.4, -0.2) is 105 Å². The van der Waals surface area contributed by atoms with Gasteiger partial charge in [-0.3, -0.25) is 28.8 Å². The number of carboxylic acids is 1. The van der Waals surface area contributed by atoms with Gasteiger partial charge < -0.3 is 46.3 Å². The molecule has 1 aromatic heterocycles. The van der Waals surface area contributed by atoms with Crippen LogP contribution in [0.3, 0.4) is 0 Å². The van der Waals surface area contributed by atoms with Crippen LogP contribution < -0.4 is 21.3 Å². The summed E-state index contributed by atoms with van der Waals surface area (Å²) in [4.78, 5) is 86.1. The van der Waals surface area contributed by atoms with Crippen LogP contribution in [0.1, 0.15) is 52.0 Å². The number of fused-ring (bicyclic) bond motifs is 1. The summed E-state index contributed by atoms with van der Waals surface area (Å²) in [6.07, 6.45) is -0.222. The monoisotopic (exact) mass is 693 g/mol. The Morgan fingerprint density at radius 3 is 2.38 bits per heavy atom. The third kappa shape index (κ3) is 14.0. The number of carbonyl (C=O) groups excluding carboxylic acids is 6. The molecule has 4 amide bonds. The molecule has 2 rings (SSSR count). The van der Waals surface area contributed by atoms with Gasteiger partial charge >= 0.3 is 11.9 Å². The number of hydrogen-bond donors (Lipinski definition) is 8. The third-order valence-electron chi connectivity index (χ3n) is 7.02. The van der Waals surface area contributed by atoms with Crippen LogP contribution >= 0.6 is 11.8 Å². The molecule has 0 radical (unpaired) electrons. The first-order valence-electron chi connectivity index (χ1n) is 15.2. The van der Waals surface area contributed by atoms with Crippen LogP contribution in [0, 0.1) is 5.41 Å². The van der Waals surface area contributed by atoms with E-state index in [1.54, 1.807) is 24.4 Å². The quantitative estimate of drug-likeness (QED) is 0.0522. The lowest BCUT2D eigenvalue weighted by Gasteiger charge is -2.29. The van der Waals surface area contributed by atoms with Crippen molar-refractivity contribution in [2.75, 3.05) is 32.0 Å². The largest absolute Gasteiger partial charge is 0.508 e. The number of phenols is 1. The zero-order valence-corrected chi connectivity index (χ0v) is 27.9. The van der Waals surface area contributed by atoms with Gasteiger partial charge in [0.25, 0.3) is 0 Å². The number of carbonyl (C=O) groups is 7. The number of thioether (sulfide) groups is 1. The molecule has 0 saturated heterocycles. The molecule has 2 atom stereocenters. The Labute approximate surface area is 281 Å². The second-order valence-corrected chi connectivity index (χ2v) is 12.8. The first-order chi connectivity index (χ1) is 22.6. The van der Waals surface area contributed by atoms with Gasteiger partial charge in [0.1, 0.15) is 17.9 Å². The van der Waals surface area contributed by atoms with Crippen molar-refractivity contribution in [3.05, 3.63) is 30.0 Å². The number of amides is 4. The highest BCUT2D eigenvalue weighted by Crippen LogP contribution is 2.23. The van der Waals surface area contributed by atoms with Gasteiger partial charge in [0.2, 0.25) is 23.6 Å². The Balaban J connectivity index is 1.57. The maximum Gasteiger partial charge on any atom is 0.326 e. The second-order valence-electron chi connectivity index (χ2n) is 11.6. The molecule has 0 unspecified atom stereocenters. The van der Waals surface area contributed by atoms with Crippen molar-refractivity contribution in [2.24, 2.45) is 5.41 Å². The number of phenolic OH excluding ortho intramolecular Hbond substituents is 1. The van der Waals surface area contributed by atoms with E-state index >= 15 is 0 Å². The third-order valence-corrected chi connectivity index (χ3v) is 7.89. The van der Waals surface area contributed by atoms with E-state index in [1.165, 1.54) is 13.8 Å². The Morgan fingerprint density at radius 1 is 0.979 bits per heavy atom. The number of nitrogens with one attached hydrogen (secondary N) is 5. The van der Waals surface area contributed by atoms with Crippen LogP contribution in [0.2, 0.25) is 0 Å². The first-order valence-corrected chi connectivity index (χ1v) is 16.2. The lowest BCUT2D eigenvalue weighted by Crippen LogP contribution is -2.47. The van der Waals surface area contributed by atoms with Crippen LogP contribution in [0.5, 0.6) is 5.75 Å². The number of aromatic hydroxyl groups is 1. The number of esters is 1. The van der Waals surface area contributed by atoms with Gasteiger partial charge in [-0.2, -0.15) is 0 Å². The Morgan fingerprint density at radius 2 is 1.69 bits per heavy atom. The van der Waals surface area contributed by atoms with Gasteiger partial charge in [-0.1, -0.05) is 25.6 Å². The van der Waals surface area contributed by atoms with Crippen molar-refractivity contribution >= 4 is 63.3 Å². The predicted octanol–water partition coefficient (Wildman–Crippen LogP) is 0.104. The van der Waals surface area contributed by atoms with Crippen molar-refractivity contribution in [1.82, 2.24) is 26.3 Å². The SMILES string of the molecule is CC(=O)N[C@@H](CCC(=O)OCC(C)(C)[C@@H](O)C(=O)NCCC(=O)NCCSC(=O)CC(=O)NCCc1c[nH]c2ccc(O)cc12)C(=O)O. The van der Waals surface area contributed by atoms with Crippen LogP contribution in [-0.2, 0) is 44.7 Å². The van der Waals surface area contributed by atoms with Crippen LogP contribution in [0.25, 0.3) is 10.9 Å². The number of aliphatic carboxylic acids is 1. The predicted molar refractivity (Wildman–Crippen MR) is 175 cm³/mol. The number of aromatic amines is 1. The fourth-order valence-corrected chi connectivity index (χ4v) is 5.00. The summed E-state index contributed by atoms with van der Waals surface area (Å²) in [6.45, 7) is 4.13. The van der Waals surface area contributed by atoms with E-state index in [4.69, 9.17) is 9.84 Å². The lowest BCUT2D eigenvalue weighted by atomic mass is 9.87. The molecule has 0 fully saturated rings. The van der Waals surface area contributed by atoms with E-state index in [0.717, 1.165) is 35.2 Å². The van der Waals surface area contributed by atoms with Crippen molar-refractivity contribution in [2.45, 2.75) is 65.0 Å². The molecule has 1 aromatic carbocycles. The summed E-state index contributed by atoms with van der Waals surface area (Å²) in [6, 6.07) is 3.71.